The van der Waals surface area contributed by atoms with Crippen molar-refractivity contribution in [1.29, 1.82) is 0 Å². The van der Waals surface area contributed by atoms with Gasteiger partial charge in [-0.15, -0.1) is 0 Å². The van der Waals surface area contributed by atoms with E-state index in [0.29, 0.717) is 6.54 Å². The monoisotopic (exact) mass is 340 g/mol. The van der Waals surface area contributed by atoms with Crippen LogP contribution in [0.2, 0.25) is 5.02 Å². The third-order valence-corrected chi connectivity index (χ3v) is 5.19. The predicted molar refractivity (Wildman–Crippen MR) is 72.6 cm³/mol. The van der Waals surface area contributed by atoms with Crippen LogP contribution < -0.4 is 5.73 Å². The summed E-state index contributed by atoms with van der Waals surface area (Å²) in [5, 5.41) is 0.204. The van der Waals surface area contributed by atoms with E-state index in [9.17, 15) is 8.42 Å². The molecule has 0 amide bonds. The summed E-state index contributed by atoms with van der Waals surface area (Å²) in [5.74, 6) is 0. The molecule has 4 nitrogen and oxygen atoms in total. The smallest absolute Gasteiger partial charge is 0.244 e. The zero-order valence-corrected chi connectivity index (χ0v) is 12.5. The second-order valence-electron chi connectivity index (χ2n) is 3.36. The van der Waals surface area contributed by atoms with Gasteiger partial charge in [0.25, 0.3) is 0 Å². The van der Waals surface area contributed by atoms with Gasteiger partial charge in [-0.3, -0.25) is 0 Å². The molecule has 0 aromatic heterocycles. The Morgan fingerprint density at radius 3 is 2.59 bits per heavy atom. The fourth-order valence-electron chi connectivity index (χ4n) is 1.42. The highest BCUT2D eigenvalue weighted by atomic mass is 79.9. The topological polar surface area (TPSA) is 63.4 Å². The van der Waals surface area contributed by atoms with E-state index in [-0.39, 0.29) is 23.0 Å². The Labute approximate surface area is 115 Å². The van der Waals surface area contributed by atoms with Gasteiger partial charge < -0.3 is 5.73 Å². The maximum Gasteiger partial charge on any atom is 0.244 e. The van der Waals surface area contributed by atoms with Crippen molar-refractivity contribution in [2.75, 3.05) is 19.6 Å². The molecular formula is C10H14BrClN2O2S. The quantitative estimate of drug-likeness (QED) is 0.892. The summed E-state index contributed by atoms with van der Waals surface area (Å²) in [6.45, 7) is 2.69. The second-order valence-corrected chi connectivity index (χ2v) is 6.59. The van der Waals surface area contributed by atoms with E-state index >= 15 is 0 Å². The van der Waals surface area contributed by atoms with Crippen LogP contribution in [0.15, 0.2) is 27.6 Å². The number of rotatable bonds is 5. The molecule has 17 heavy (non-hydrogen) atoms. The fraction of sp³-hybridized carbons (Fsp3) is 0.400. The maximum atomic E-state index is 12.3. The highest BCUT2D eigenvalue weighted by Gasteiger charge is 2.24. The Kier molecular flexibility index (Phi) is 5.40. The van der Waals surface area contributed by atoms with E-state index in [1.165, 1.54) is 10.4 Å². The molecule has 7 heteroatoms. The SMILES string of the molecule is CCN(CCN)S(=O)(=O)c1ccc(Br)cc1Cl. The molecule has 0 spiro atoms. The molecule has 2 N–H and O–H groups in total. The standard InChI is InChI=1S/C10H14BrClN2O2S/c1-2-14(6-5-13)17(15,16)10-4-3-8(11)7-9(10)12/h3-4,7H,2,5-6,13H2,1H3. The van der Waals surface area contributed by atoms with Crippen LogP contribution in [0.3, 0.4) is 0 Å². The molecule has 0 fully saturated rings. The number of sulfonamides is 1. The van der Waals surface area contributed by atoms with Crippen LogP contribution in [0.5, 0.6) is 0 Å². The van der Waals surface area contributed by atoms with Crippen molar-refractivity contribution in [3.63, 3.8) is 0 Å². The van der Waals surface area contributed by atoms with Crippen molar-refractivity contribution in [2.24, 2.45) is 5.73 Å². The van der Waals surface area contributed by atoms with Crippen LogP contribution in [0.25, 0.3) is 0 Å². The molecule has 0 saturated carbocycles. The lowest BCUT2D eigenvalue weighted by Crippen LogP contribution is -2.35. The van der Waals surface area contributed by atoms with Crippen LogP contribution in [-0.2, 0) is 10.0 Å². The zero-order chi connectivity index (χ0) is 13.1. The van der Waals surface area contributed by atoms with Crippen LogP contribution in [-0.4, -0.2) is 32.4 Å². The van der Waals surface area contributed by atoms with Crippen LogP contribution in [0, 0.1) is 0 Å². The number of nitrogens with two attached hydrogens (primary N) is 1. The highest BCUT2D eigenvalue weighted by molar-refractivity contribution is 9.10. The molecular weight excluding hydrogens is 328 g/mol. The fourth-order valence-corrected chi connectivity index (χ4v) is 3.89. The van der Waals surface area contributed by atoms with Crippen molar-refractivity contribution in [3.8, 4) is 0 Å². The summed E-state index contributed by atoms with van der Waals surface area (Å²) < 4.78 is 26.6. The number of nitrogens with zero attached hydrogens (tertiary/aromatic N) is 1. The van der Waals surface area contributed by atoms with Gasteiger partial charge in [-0.25, -0.2) is 8.42 Å². The summed E-state index contributed by atoms with van der Waals surface area (Å²) in [5.41, 5.74) is 5.40. The van der Waals surface area contributed by atoms with Crippen LogP contribution in [0.4, 0.5) is 0 Å². The van der Waals surface area contributed by atoms with Gasteiger partial charge in [0.05, 0.1) is 5.02 Å². The largest absolute Gasteiger partial charge is 0.329 e. The number of halogens is 2. The summed E-state index contributed by atoms with van der Waals surface area (Å²) >= 11 is 9.18. The van der Waals surface area contributed by atoms with E-state index in [1.807, 2.05) is 0 Å². The molecule has 0 aliphatic rings. The first-order chi connectivity index (χ1) is 7.93. The third kappa shape index (κ3) is 3.42. The van der Waals surface area contributed by atoms with Gasteiger partial charge in [-0.2, -0.15) is 4.31 Å². The van der Waals surface area contributed by atoms with E-state index in [1.54, 1.807) is 19.1 Å². The minimum atomic E-state index is -3.56. The summed E-state index contributed by atoms with van der Waals surface area (Å²) in [6, 6.07) is 4.70. The molecule has 0 unspecified atom stereocenters. The molecule has 0 radical (unpaired) electrons. The van der Waals surface area contributed by atoms with Crippen LogP contribution >= 0.6 is 27.5 Å². The summed E-state index contributed by atoms with van der Waals surface area (Å²) in [6.07, 6.45) is 0. The van der Waals surface area contributed by atoms with Gasteiger partial charge in [0.1, 0.15) is 4.90 Å². The predicted octanol–water partition coefficient (Wildman–Crippen LogP) is 2.07. The molecule has 0 saturated heterocycles. The first-order valence-electron chi connectivity index (χ1n) is 5.08. The molecule has 0 heterocycles. The van der Waals surface area contributed by atoms with E-state index < -0.39 is 10.0 Å². The molecule has 1 rings (SSSR count). The molecule has 0 aliphatic carbocycles. The van der Waals surface area contributed by atoms with Gasteiger partial charge in [0.15, 0.2) is 0 Å². The lowest BCUT2D eigenvalue weighted by molar-refractivity contribution is 0.435. The van der Waals surface area contributed by atoms with E-state index in [0.717, 1.165) is 4.47 Å². The molecule has 96 valence electrons. The van der Waals surface area contributed by atoms with Crippen molar-refractivity contribution >= 4 is 37.6 Å². The van der Waals surface area contributed by atoms with Gasteiger partial charge in [-0.05, 0) is 18.2 Å². The minimum Gasteiger partial charge on any atom is -0.329 e. The Bertz CT molecular complexity index is 493. The van der Waals surface area contributed by atoms with Gasteiger partial charge in [0.2, 0.25) is 10.0 Å². The number of likely N-dealkylation sites (N-methyl/N-ethyl adjacent to an activating group) is 1. The molecule has 1 aromatic rings. The average Bonchev–Trinajstić information content (AvgIpc) is 2.24. The Morgan fingerprint density at radius 2 is 2.12 bits per heavy atom. The lowest BCUT2D eigenvalue weighted by Gasteiger charge is -2.20. The van der Waals surface area contributed by atoms with E-state index in [4.69, 9.17) is 17.3 Å². The Balaban J connectivity index is 3.20. The van der Waals surface area contributed by atoms with Gasteiger partial charge in [-0.1, -0.05) is 34.5 Å². The van der Waals surface area contributed by atoms with E-state index in [2.05, 4.69) is 15.9 Å². The van der Waals surface area contributed by atoms with Gasteiger partial charge >= 0.3 is 0 Å². The highest BCUT2D eigenvalue weighted by Crippen LogP contribution is 2.27. The molecule has 0 aliphatic heterocycles. The molecule has 0 atom stereocenters. The van der Waals surface area contributed by atoms with Crippen molar-refractivity contribution in [2.45, 2.75) is 11.8 Å². The number of hydrogen-bond acceptors (Lipinski definition) is 3. The van der Waals surface area contributed by atoms with Crippen LogP contribution in [0.1, 0.15) is 6.92 Å². The Hall–Kier alpha value is -0.140. The summed E-state index contributed by atoms with van der Waals surface area (Å²) in [7, 11) is -3.56. The van der Waals surface area contributed by atoms with Crippen molar-refractivity contribution < 1.29 is 8.42 Å². The zero-order valence-electron chi connectivity index (χ0n) is 9.36. The molecule has 1 aromatic carbocycles. The summed E-state index contributed by atoms with van der Waals surface area (Å²) in [4.78, 5) is 0.109. The maximum absolute atomic E-state index is 12.3. The first kappa shape index (κ1) is 14.9. The van der Waals surface area contributed by atoms with Crippen molar-refractivity contribution in [3.05, 3.63) is 27.7 Å². The number of hydrogen-bond donors (Lipinski definition) is 1. The van der Waals surface area contributed by atoms with Crippen molar-refractivity contribution in [1.82, 2.24) is 4.31 Å². The molecule has 0 bridgehead atoms. The normalized spacial score (nSPS) is 12.1. The average molecular weight is 342 g/mol. The first-order valence-corrected chi connectivity index (χ1v) is 7.69. The lowest BCUT2D eigenvalue weighted by atomic mass is 10.4. The minimum absolute atomic E-state index is 0.109. The third-order valence-electron chi connectivity index (χ3n) is 2.24. The second kappa shape index (κ2) is 6.15. The van der Waals surface area contributed by atoms with Gasteiger partial charge in [0, 0.05) is 24.1 Å². The number of benzene rings is 1. The Morgan fingerprint density at radius 1 is 1.47 bits per heavy atom.